The summed E-state index contributed by atoms with van der Waals surface area (Å²) in [5, 5.41) is 14.5. The minimum absolute atomic E-state index is 0.0732. The lowest BCUT2D eigenvalue weighted by atomic mass is 10.2. The van der Waals surface area contributed by atoms with Gasteiger partial charge in [-0.1, -0.05) is 24.3 Å². The number of aryl methyl sites for hydroxylation is 1. The second kappa shape index (κ2) is 6.35. The minimum Gasteiger partial charge on any atom is -0.324 e. The molecule has 3 rings (SSSR count). The Morgan fingerprint density at radius 1 is 1.22 bits per heavy atom. The molecule has 0 aliphatic rings. The first kappa shape index (κ1) is 14.8. The monoisotopic (exact) mass is 311 g/mol. The number of benzene rings is 2. The summed E-state index contributed by atoms with van der Waals surface area (Å²) in [5.74, 6) is -0.373. The number of carbonyl (C=O) groups is 1. The van der Waals surface area contributed by atoms with E-state index < -0.39 is 0 Å². The first-order chi connectivity index (χ1) is 11.1. The number of nitrogens with zero attached hydrogens (tertiary/aromatic N) is 4. The van der Waals surface area contributed by atoms with Crippen LogP contribution in [0.2, 0.25) is 0 Å². The van der Waals surface area contributed by atoms with Crippen LogP contribution in [0.4, 0.5) is 10.1 Å². The van der Waals surface area contributed by atoms with E-state index in [1.165, 1.54) is 16.9 Å². The highest BCUT2D eigenvalue weighted by molar-refractivity contribution is 5.90. The Bertz CT molecular complexity index is 846. The van der Waals surface area contributed by atoms with Gasteiger partial charge in [0.1, 0.15) is 12.4 Å². The Balaban J connectivity index is 1.68. The van der Waals surface area contributed by atoms with Gasteiger partial charge in [-0.25, -0.2) is 4.39 Å². The molecule has 1 amide bonds. The Labute approximate surface area is 132 Å². The van der Waals surface area contributed by atoms with Crippen LogP contribution < -0.4 is 5.32 Å². The van der Waals surface area contributed by atoms with Crippen molar-refractivity contribution in [3.63, 3.8) is 0 Å². The third-order valence-corrected chi connectivity index (χ3v) is 3.12. The fourth-order valence-corrected chi connectivity index (χ4v) is 2.11. The van der Waals surface area contributed by atoms with Gasteiger partial charge >= 0.3 is 0 Å². The van der Waals surface area contributed by atoms with E-state index in [1.807, 2.05) is 25.1 Å². The molecule has 0 bridgehead atoms. The van der Waals surface area contributed by atoms with Crippen LogP contribution in [0.25, 0.3) is 11.4 Å². The molecule has 3 aromatic rings. The van der Waals surface area contributed by atoms with Crippen LogP contribution in [-0.4, -0.2) is 26.1 Å². The summed E-state index contributed by atoms with van der Waals surface area (Å²) >= 11 is 0. The molecule has 0 aliphatic carbocycles. The van der Waals surface area contributed by atoms with Crippen LogP contribution in [-0.2, 0) is 11.3 Å². The largest absolute Gasteiger partial charge is 0.324 e. The SMILES string of the molecule is Cc1cccc(NC(=O)Cn2nnc(-c3cccc(F)c3)n2)c1. The summed E-state index contributed by atoms with van der Waals surface area (Å²) in [5.41, 5.74) is 2.27. The number of tetrazole rings is 1. The fourth-order valence-electron chi connectivity index (χ4n) is 2.11. The molecule has 1 heterocycles. The van der Waals surface area contributed by atoms with Gasteiger partial charge < -0.3 is 5.32 Å². The number of hydrogen-bond acceptors (Lipinski definition) is 4. The van der Waals surface area contributed by atoms with E-state index in [-0.39, 0.29) is 24.1 Å². The first-order valence-corrected chi connectivity index (χ1v) is 7.00. The number of aromatic nitrogens is 4. The summed E-state index contributed by atoms with van der Waals surface area (Å²) in [4.78, 5) is 13.2. The summed E-state index contributed by atoms with van der Waals surface area (Å²) in [6, 6.07) is 13.4. The van der Waals surface area contributed by atoms with E-state index in [0.717, 1.165) is 5.56 Å². The van der Waals surface area contributed by atoms with Crippen molar-refractivity contribution in [3.8, 4) is 11.4 Å². The quantitative estimate of drug-likeness (QED) is 0.803. The average Bonchev–Trinajstić information content (AvgIpc) is 2.95. The van der Waals surface area contributed by atoms with E-state index in [4.69, 9.17) is 0 Å². The van der Waals surface area contributed by atoms with Crippen molar-refractivity contribution < 1.29 is 9.18 Å². The topological polar surface area (TPSA) is 72.7 Å². The highest BCUT2D eigenvalue weighted by Crippen LogP contribution is 2.14. The van der Waals surface area contributed by atoms with Gasteiger partial charge in [-0.15, -0.1) is 10.2 Å². The zero-order valence-corrected chi connectivity index (χ0v) is 12.4. The highest BCUT2D eigenvalue weighted by atomic mass is 19.1. The smallest absolute Gasteiger partial charge is 0.248 e. The zero-order valence-electron chi connectivity index (χ0n) is 12.4. The second-order valence-electron chi connectivity index (χ2n) is 5.07. The summed E-state index contributed by atoms with van der Waals surface area (Å²) in [7, 11) is 0. The molecule has 1 N–H and O–H groups in total. The number of carbonyl (C=O) groups excluding carboxylic acids is 1. The fraction of sp³-hybridized carbons (Fsp3) is 0.125. The Morgan fingerprint density at radius 3 is 2.83 bits per heavy atom. The van der Waals surface area contributed by atoms with Crippen molar-refractivity contribution in [3.05, 3.63) is 59.9 Å². The summed E-state index contributed by atoms with van der Waals surface area (Å²) in [6.45, 7) is 1.87. The molecule has 0 unspecified atom stereocenters. The van der Waals surface area contributed by atoms with Gasteiger partial charge in [-0.05, 0) is 42.0 Å². The molecule has 6 nitrogen and oxygen atoms in total. The van der Waals surface area contributed by atoms with E-state index in [1.54, 1.807) is 18.2 Å². The molecule has 0 fully saturated rings. The van der Waals surface area contributed by atoms with E-state index in [0.29, 0.717) is 11.3 Å². The molecule has 23 heavy (non-hydrogen) atoms. The number of anilines is 1. The molecule has 0 saturated carbocycles. The van der Waals surface area contributed by atoms with Gasteiger partial charge in [-0.2, -0.15) is 4.80 Å². The lowest BCUT2D eigenvalue weighted by Gasteiger charge is -2.04. The molecule has 0 aliphatic heterocycles. The molecular formula is C16H14FN5O. The Kier molecular flexibility index (Phi) is 4.09. The number of hydrogen-bond donors (Lipinski definition) is 1. The first-order valence-electron chi connectivity index (χ1n) is 7.00. The van der Waals surface area contributed by atoms with Gasteiger partial charge in [0.2, 0.25) is 11.7 Å². The molecule has 116 valence electrons. The number of rotatable bonds is 4. The van der Waals surface area contributed by atoms with Crippen LogP contribution in [0.15, 0.2) is 48.5 Å². The maximum atomic E-state index is 13.2. The van der Waals surface area contributed by atoms with Crippen molar-refractivity contribution >= 4 is 11.6 Å². The van der Waals surface area contributed by atoms with Gasteiger partial charge in [0.25, 0.3) is 0 Å². The van der Waals surface area contributed by atoms with Crippen LogP contribution >= 0.6 is 0 Å². The molecular weight excluding hydrogens is 297 g/mol. The van der Waals surface area contributed by atoms with Crippen molar-refractivity contribution in [2.75, 3.05) is 5.32 Å². The molecule has 0 spiro atoms. The van der Waals surface area contributed by atoms with Gasteiger partial charge in [0, 0.05) is 11.3 Å². The van der Waals surface area contributed by atoms with E-state index in [9.17, 15) is 9.18 Å². The predicted molar refractivity (Wildman–Crippen MR) is 83.0 cm³/mol. The standard InChI is InChI=1S/C16H14FN5O/c1-11-4-2-7-14(8-11)18-15(23)10-22-20-16(19-21-22)12-5-3-6-13(17)9-12/h2-9H,10H2,1H3,(H,18,23). The lowest BCUT2D eigenvalue weighted by Crippen LogP contribution is -2.20. The average molecular weight is 311 g/mol. The third-order valence-electron chi connectivity index (χ3n) is 3.12. The lowest BCUT2D eigenvalue weighted by molar-refractivity contribution is -0.117. The summed E-state index contributed by atoms with van der Waals surface area (Å²) in [6.07, 6.45) is 0. The predicted octanol–water partition coefficient (Wildman–Crippen LogP) is 2.43. The Morgan fingerprint density at radius 2 is 2.04 bits per heavy atom. The summed E-state index contributed by atoms with van der Waals surface area (Å²) < 4.78 is 13.2. The Hall–Kier alpha value is -3.09. The van der Waals surface area contributed by atoms with Crippen LogP contribution in [0, 0.1) is 12.7 Å². The van der Waals surface area contributed by atoms with Gasteiger partial charge in [0.15, 0.2) is 0 Å². The van der Waals surface area contributed by atoms with Crippen LogP contribution in [0.5, 0.6) is 0 Å². The van der Waals surface area contributed by atoms with Gasteiger partial charge in [-0.3, -0.25) is 4.79 Å². The van der Waals surface area contributed by atoms with Crippen molar-refractivity contribution in [2.24, 2.45) is 0 Å². The molecule has 2 aromatic carbocycles. The maximum absolute atomic E-state index is 13.2. The zero-order chi connectivity index (χ0) is 16.2. The molecule has 0 atom stereocenters. The molecule has 7 heteroatoms. The normalized spacial score (nSPS) is 10.5. The highest BCUT2D eigenvalue weighted by Gasteiger charge is 2.10. The molecule has 0 radical (unpaired) electrons. The molecule has 1 aromatic heterocycles. The van der Waals surface area contributed by atoms with Crippen molar-refractivity contribution in [1.82, 2.24) is 20.2 Å². The second-order valence-corrected chi connectivity index (χ2v) is 5.07. The maximum Gasteiger partial charge on any atom is 0.248 e. The number of amides is 1. The minimum atomic E-state index is -0.379. The molecule has 0 saturated heterocycles. The third kappa shape index (κ3) is 3.76. The van der Waals surface area contributed by atoms with Crippen LogP contribution in [0.3, 0.4) is 0 Å². The van der Waals surface area contributed by atoms with Crippen LogP contribution in [0.1, 0.15) is 5.56 Å². The number of nitrogens with one attached hydrogen (secondary N) is 1. The number of halogens is 1. The van der Waals surface area contributed by atoms with E-state index in [2.05, 4.69) is 20.7 Å². The van der Waals surface area contributed by atoms with Crippen molar-refractivity contribution in [2.45, 2.75) is 13.5 Å². The van der Waals surface area contributed by atoms with Gasteiger partial charge in [0.05, 0.1) is 0 Å². The van der Waals surface area contributed by atoms with Crippen molar-refractivity contribution in [1.29, 1.82) is 0 Å². The van der Waals surface area contributed by atoms with E-state index >= 15 is 0 Å².